The molecule has 0 spiro atoms. The Bertz CT molecular complexity index is 1100. The van der Waals surface area contributed by atoms with Gasteiger partial charge in [0.05, 0.1) is 18.8 Å². The molecule has 2 aromatic carbocycles. The number of carbonyl (C=O) groups excluding carboxylic acids is 1. The van der Waals surface area contributed by atoms with E-state index in [4.69, 9.17) is 9.84 Å². The average molecular weight is 398 g/mol. The van der Waals surface area contributed by atoms with Crippen molar-refractivity contribution in [3.05, 3.63) is 103 Å². The van der Waals surface area contributed by atoms with Crippen molar-refractivity contribution in [2.24, 2.45) is 0 Å². The number of esters is 1. The highest BCUT2D eigenvalue weighted by molar-refractivity contribution is 5.88. The van der Waals surface area contributed by atoms with E-state index in [0.717, 1.165) is 22.4 Å². The Morgan fingerprint density at radius 3 is 2.47 bits per heavy atom. The van der Waals surface area contributed by atoms with Crippen LogP contribution < -0.4 is 0 Å². The van der Waals surface area contributed by atoms with E-state index in [0.29, 0.717) is 13.1 Å². The van der Waals surface area contributed by atoms with E-state index in [1.165, 1.54) is 6.08 Å². The summed E-state index contributed by atoms with van der Waals surface area (Å²) in [6.45, 7) is 1.45. The van der Waals surface area contributed by atoms with E-state index >= 15 is 0 Å². The van der Waals surface area contributed by atoms with Gasteiger partial charge in [0, 0.05) is 35.8 Å². The van der Waals surface area contributed by atoms with Gasteiger partial charge in [-0.05, 0) is 17.7 Å². The number of hydrogen-bond donors (Lipinski definition) is 0. The highest BCUT2D eigenvalue weighted by atomic mass is 16.5. The number of ether oxygens (including phenoxy) is 1. The lowest BCUT2D eigenvalue weighted by Gasteiger charge is -2.02. The van der Waals surface area contributed by atoms with Gasteiger partial charge in [-0.1, -0.05) is 60.7 Å². The van der Waals surface area contributed by atoms with E-state index in [1.54, 1.807) is 17.0 Å². The van der Waals surface area contributed by atoms with E-state index < -0.39 is 5.97 Å². The Labute approximate surface area is 175 Å². The number of carbonyl (C=O) groups is 1. The summed E-state index contributed by atoms with van der Waals surface area (Å²) in [4.78, 5) is 12.1. The van der Waals surface area contributed by atoms with Crippen LogP contribution in [0.2, 0.25) is 0 Å². The molecule has 0 saturated carbocycles. The maximum Gasteiger partial charge on any atom is 0.330 e. The van der Waals surface area contributed by atoms with Crippen molar-refractivity contribution in [3.8, 4) is 11.3 Å². The Morgan fingerprint density at radius 1 is 0.967 bits per heavy atom. The van der Waals surface area contributed by atoms with Crippen molar-refractivity contribution in [2.75, 3.05) is 6.61 Å². The summed E-state index contributed by atoms with van der Waals surface area (Å²) in [6.07, 6.45) is 8.67. The summed E-state index contributed by atoms with van der Waals surface area (Å²) in [5.41, 5.74) is 3.84. The molecule has 0 aliphatic rings. The Hall–Kier alpha value is -3.93. The van der Waals surface area contributed by atoms with Crippen LogP contribution in [0.25, 0.3) is 17.3 Å². The first kappa shape index (κ1) is 19.4. The molecule has 0 amide bonds. The summed E-state index contributed by atoms with van der Waals surface area (Å²) in [5, 5.41) is 8.84. The van der Waals surface area contributed by atoms with Gasteiger partial charge in [0.1, 0.15) is 6.61 Å². The molecule has 0 aliphatic carbocycles. The lowest BCUT2D eigenvalue weighted by atomic mass is 10.1. The van der Waals surface area contributed by atoms with Crippen molar-refractivity contribution in [1.29, 1.82) is 0 Å². The van der Waals surface area contributed by atoms with Crippen LogP contribution >= 0.6 is 0 Å². The smallest absolute Gasteiger partial charge is 0.330 e. The lowest BCUT2D eigenvalue weighted by molar-refractivity contribution is -0.138. The van der Waals surface area contributed by atoms with Gasteiger partial charge in [-0.15, -0.1) is 0 Å². The minimum Gasteiger partial charge on any atom is -0.461 e. The summed E-state index contributed by atoms with van der Waals surface area (Å²) < 4.78 is 8.88. The van der Waals surface area contributed by atoms with Crippen LogP contribution in [-0.2, 0) is 22.6 Å². The third-order valence-corrected chi connectivity index (χ3v) is 4.55. The van der Waals surface area contributed by atoms with Gasteiger partial charge in [-0.25, -0.2) is 4.79 Å². The molecule has 150 valence electrons. The van der Waals surface area contributed by atoms with Crippen molar-refractivity contribution in [1.82, 2.24) is 19.6 Å². The number of hydrogen-bond acceptors (Lipinski definition) is 4. The SMILES string of the molecule is O=C(/C=C/c1cn(Cc2ccccc2)nc1-c1ccccc1)OCCn1cccn1. The molecule has 2 heterocycles. The van der Waals surface area contributed by atoms with Crippen LogP contribution in [0.5, 0.6) is 0 Å². The normalized spacial score (nSPS) is 11.1. The molecule has 0 saturated heterocycles. The molecule has 4 aromatic rings. The highest BCUT2D eigenvalue weighted by Gasteiger charge is 2.10. The lowest BCUT2D eigenvalue weighted by Crippen LogP contribution is -2.09. The fraction of sp³-hybridized carbons (Fsp3) is 0.125. The molecular formula is C24H22N4O2. The molecule has 30 heavy (non-hydrogen) atoms. The molecule has 0 atom stereocenters. The van der Waals surface area contributed by atoms with Gasteiger partial charge in [0.25, 0.3) is 0 Å². The van der Waals surface area contributed by atoms with Gasteiger partial charge >= 0.3 is 5.97 Å². The largest absolute Gasteiger partial charge is 0.461 e. The first-order valence-electron chi connectivity index (χ1n) is 9.77. The Kier molecular flexibility index (Phi) is 6.15. The standard InChI is InChI=1S/C24H22N4O2/c29-23(30-17-16-27-15-7-14-25-27)13-12-22-19-28(18-20-8-3-1-4-9-20)26-24(22)21-10-5-2-6-11-21/h1-15,19H,16-18H2/b13-12+. The highest BCUT2D eigenvalue weighted by Crippen LogP contribution is 2.23. The maximum absolute atomic E-state index is 12.1. The topological polar surface area (TPSA) is 61.9 Å². The van der Waals surface area contributed by atoms with Gasteiger partial charge in [-0.2, -0.15) is 10.2 Å². The van der Waals surface area contributed by atoms with E-state index in [-0.39, 0.29) is 6.61 Å². The summed E-state index contributed by atoms with van der Waals surface area (Å²) in [7, 11) is 0. The molecule has 0 unspecified atom stereocenters. The monoisotopic (exact) mass is 398 g/mol. The number of nitrogens with zero attached hydrogens (tertiary/aromatic N) is 4. The second kappa shape index (κ2) is 9.52. The average Bonchev–Trinajstić information content (AvgIpc) is 3.44. The van der Waals surface area contributed by atoms with Crippen LogP contribution in [0.3, 0.4) is 0 Å². The third kappa shape index (κ3) is 5.11. The van der Waals surface area contributed by atoms with Gasteiger partial charge in [-0.3, -0.25) is 9.36 Å². The van der Waals surface area contributed by atoms with Crippen LogP contribution in [-0.4, -0.2) is 32.1 Å². The molecule has 6 nitrogen and oxygen atoms in total. The number of rotatable bonds is 8. The molecule has 6 heteroatoms. The molecule has 0 aliphatic heterocycles. The third-order valence-electron chi connectivity index (χ3n) is 4.55. The minimum absolute atomic E-state index is 0.268. The molecule has 0 N–H and O–H groups in total. The first-order valence-corrected chi connectivity index (χ1v) is 9.77. The van der Waals surface area contributed by atoms with Gasteiger partial charge in [0.2, 0.25) is 0 Å². The van der Waals surface area contributed by atoms with Crippen LogP contribution in [0.15, 0.2) is 91.4 Å². The Balaban J connectivity index is 1.48. The van der Waals surface area contributed by atoms with E-state index in [9.17, 15) is 4.79 Å². The van der Waals surface area contributed by atoms with Crippen LogP contribution in [0.4, 0.5) is 0 Å². The Morgan fingerprint density at radius 2 is 1.73 bits per heavy atom. The molecular weight excluding hydrogens is 376 g/mol. The predicted octanol–water partition coefficient (Wildman–Crippen LogP) is 4.05. The number of benzene rings is 2. The zero-order valence-electron chi connectivity index (χ0n) is 16.5. The molecule has 0 radical (unpaired) electrons. The number of aromatic nitrogens is 4. The second-order valence-electron chi connectivity index (χ2n) is 6.75. The minimum atomic E-state index is -0.392. The summed E-state index contributed by atoms with van der Waals surface area (Å²) in [5.74, 6) is -0.392. The molecule has 0 bridgehead atoms. The predicted molar refractivity (Wildman–Crippen MR) is 115 cm³/mol. The second-order valence-corrected chi connectivity index (χ2v) is 6.75. The zero-order chi connectivity index (χ0) is 20.6. The maximum atomic E-state index is 12.1. The van der Waals surface area contributed by atoms with Crippen molar-refractivity contribution in [2.45, 2.75) is 13.1 Å². The van der Waals surface area contributed by atoms with Gasteiger partial charge in [0.15, 0.2) is 0 Å². The first-order chi connectivity index (χ1) is 14.8. The van der Waals surface area contributed by atoms with Crippen molar-refractivity contribution < 1.29 is 9.53 Å². The summed E-state index contributed by atoms with van der Waals surface area (Å²) >= 11 is 0. The quantitative estimate of drug-likeness (QED) is 0.332. The van der Waals surface area contributed by atoms with Crippen LogP contribution in [0, 0.1) is 0 Å². The van der Waals surface area contributed by atoms with Crippen molar-refractivity contribution >= 4 is 12.0 Å². The van der Waals surface area contributed by atoms with Gasteiger partial charge < -0.3 is 4.74 Å². The van der Waals surface area contributed by atoms with Crippen molar-refractivity contribution in [3.63, 3.8) is 0 Å². The van der Waals surface area contributed by atoms with E-state index in [2.05, 4.69) is 17.2 Å². The fourth-order valence-electron chi connectivity index (χ4n) is 3.11. The van der Waals surface area contributed by atoms with E-state index in [1.807, 2.05) is 71.7 Å². The molecule has 4 rings (SSSR count). The van der Waals surface area contributed by atoms with Crippen LogP contribution in [0.1, 0.15) is 11.1 Å². The molecule has 0 fully saturated rings. The zero-order valence-corrected chi connectivity index (χ0v) is 16.5. The molecule has 2 aromatic heterocycles. The summed E-state index contributed by atoms with van der Waals surface area (Å²) in [6, 6.07) is 21.9. The fourth-order valence-corrected chi connectivity index (χ4v) is 3.11.